The number of hydrogen-bond donors (Lipinski definition) is 1. The van der Waals surface area contributed by atoms with Crippen molar-refractivity contribution in [1.82, 2.24) is 4.57 Å². The van der Waals surface area contributed by atoms with Gasteiger partial charge in [-0.2, -0.15) is 0 Å². The molecule has 0 aliphatic rings. The zero-order chi connectivity index (χ0) is 17.2. The van der Waals surface area contributed by atoms with Crippen molar-refractivity contribution in [3.05, 3.63) is 54.7 Å². The molecular weight excluding hydrogens is 317 g/mol. The summed E-state index contributed by atoms with van der Waals surface area (Å²) in [6.07, 6.45) is -1.81. The van der Waals surface area contributed by atoms with Gasteiger partial charge in [-0.05, 0) is 36.7 Å². The zero-order valence-electron chi connectivity index (χ0n) is 12.9. The summed E-state index contributed by atoms with van der Waals surface area (Å²) in [7, 11) is 0. The molecule has 0 spiro atoms. The number of fused-ring (bicyclic) bond motifs is 1. The lowest BCUT2D eigenvalue weighted by Crippen LogP contribution is -2.16. The second-order valence-corrected chi connectivity index (χ2v) is 5.47. The molecule has 0 bridgehead atoms. The van der Waals surface area contributed by atoms with E-state index in [1.54, 1.807) is 12.1 Å². The number of ether oxygens (including phenoxy) is 1. The Hall–Kier alpha value is -2.47. The van der Waals surface area contributed by atoms with Crippen molar-refractivity contribution in [3.8, 4) is 16.9 Å². The third-order valence-corrected chi connectivity index (χ3v) is 3.79. The Bertz CT molecular complexity index is 822. The molecule has 1 heterocycles. The van der Waals surface area contributed by atoms with Gasteiger partial charge in [-0.1, -0.05) is 30.3 Å². The van der Waals surface area contributed by atoms with Gasteiger partial charge < -0.3 is 15.0 Å². The summed E-state index contributed by atoms with van der Waals surface area (Å²) in [6.45, 7) is 1.40. The molecule has 0 radical (unpaired) electrons. The van der Waals surface area contributed by atoms with Gasteiger partial charge in [0.15, 0.2) is 0 Å². The SMILES string of the molecule is NCCCn1cc(-c2ccc(OC(F)(F)F)cc2)c2ccccc21. The third-order valence-electron chi connectivity index (χ3n) is 3.79. The molecule has 6 heteroatoms. The van der Waals surface area contributed by atoms with Crippen LogP contribution in [0.15, 0.2) is 54.7 Å². The van der Waals surface area contributed by atoms with Gasteiger partial charge >= 0.3 is 6.36 Å². The molecule has 3 rings (SSSR count). The molecule has 0 atom stereocenters. The van der Waals surface area contributed by atoms with Crippen LogP contribution >= 0.6 is 0 Å². The van der Waals surface area contributed by atoms with E-state index in [0.29, 0.717) is 6.54 Å². The van der Waals surface area contributed by atoms with Crippen molar-refractivity contribution in [1.29, 1.82) is 0 Å². The molecule has 0 aliphatic heterocycles. The Morgan fingerprint density at radius 3 is 2.38 bits per heavy atom. The summed E-state index contributed by atoms with van der Waals surface area (Å²) in [5.41, 5.74) is 8.48. The number of alkyl halides is 3. The van der Waals surface area contributed by atoms with Crippen molar-refractivity contribution in [2.24, 2.45) is 5.73 Å². The number of halogens is 3. The fourth-order valence-corrected chi connectivity index (χ4v) is 2.76. The van der Waals surface area contributed by atoms with Crippen LogP contribution in [0.4, 0.5) is 13.2 Å². The van der Waals surface area contributed by atoms with Gasteiger partial charge in [-0.25, -0.2) is 0 Å². The van der Waals surface area contributed by atoms with Gasteiger partial charge in [0.2, 0.25) is 0 Å². The van der Waals surface area contributed by atoms with Gasteiger partial charge in [0, 0.05) is 29.2 Å². The van der Waals surface area contributed by atoms with Crippen molar-refractivity contribution >= 4 is 10.9 Å². The van der Waals surface area contributed by atoms with E-state index in [9.17, 15) is 13.2 Å². The topological polar surface area (TPSA) is 40.2 Å². The number of aryl methyl sites for hydroxylation is 1. The Balaban J connectivity index is 1.97. The summed E-state index contributed by atoms with van der Waals surface area (Å²) in [5, 5.41) is 1.05. The monoisotopic (exact) mass is 334 g/mol. The summed E-state index contributed by atoms with van der Waals surface area (Å²) >= 11 is 0. The van der Waals surface area contributed by atoms with Gasteiger partial charge in [-0.15, -0.1) is 13.2 Å². The number of aromatic nitrogens is 1. The molecule has 0 amide bonds. The minimum atomic E-state index is -4.68. The van der Waals surface area contributed by atoms with E-state index in [1.807, 2.05) is 30.5 Å². The molecule has 126 valence electrons. The van der Waals surface area contributed by atoms with Crippen molar-refractivity contribution < 1.29 is 17.9 Å². The van der Waals surface area contributed by atoms with Crippen LogP contribution in [0.3, 0.4) is 0 Å². The quantitative estimate of drug-likeness (QED) is 0.743. The average molecular weight is 334 g/mol. The Labute approximate surface area is 137 Å². The Morgan fingerprint density at radius 2 is 1.71 bits per heavy atom. The Morgan fingerprint density at radius 1 is 1.00 bits per heavy atom. The van der Waals surface area contributed by atoms with E-state index < -0.39 is 6.36 Å². The highest BCUT2D eigenvalue weighted by molar-refractivity contribution is 5.96. The second kappa shape index (κ2) is 6.57. The standard InChI is InChI=1S/C18H17F3N2O/c19-18(20,21)24-14-8-6-13(7-9-14)16-12-23(11-3-10-22)17-5-2-1-4-15(16)17/h1-2,4-9,12H,3,10-11,22H2. The van der Waals surface area contributed by atoms with E-state index in [0.717, 1.165) is 35.0 Å². The zero-order valence-corrected chi connectivity index (χ0v) is 12.9. The number of nitrogens with zero attached hydrogens (tertiary/aromatic N) is 1. The number of para-hydroxylation sites is 1. The summed E-state index contributed by atoms with van der Waals surface area (Å²) < 4.78 is 42.8. The first kappa shape index (κ1) is 16.4. The number of benzene rings is 2. The number of nitrogens with two attached hydrogens (primary N) is 1. The maximum Gasteiger partial charge on any atom is 0.573 e. The fourth-order valence-electron chi connectivity index (χ4n) is 2.76. The van der Waals surface area contributed by atoms with Crippen molar-refractivity contribution in [2.45, 2.75) is 19.3 Å². The van der Waals surface area contributed by atoms with E-state index in [1.165, 1.54) is 12.1 Å². The van der Waals surface area contributed by atoms with Gasteiger partial charge in [0.05, 0.1) is 0 Å². The van der Waals surface area contributed by atoms with Crippen LogP contribution in [0, 0.1) is 0 Å². The number of rotatable bonds is 5. The van der Waals surface area contributed by atoms with E-state index in [2.05, 4.69) is 9.30 Å². The maximum atomic E-state index is 12.3. The van der Waals surface area contributed by atoms with Crippen LogP contribution in [0.5, 0.6) is 5.75 Å². The number of hydrogen-bond acceptors (Lipinski definition) is 2. The lowest BCUT2D eigenvalue weighted by molar-refractivity contribution is -0.274. The molecule has 0 saturated heterocycles. The molecule has 24 heavy (non-hydrogen) atoms. The van der Waals surface area contributed by atoms with Gasteiger partial charge in [0.1, 0.15) is 5.75 Å². The van der Waals surface area contributed by atoms with Crippen LogP contribution in [0.25, 0.3) is 22.0 Å². The minimum Gasteiger partial charge on any atom is -0.406 e. The first-order valence-electron chi connectivity index (χ1n) is 7.62. The molecule has 3 nitrogen and oxygen atoms in total. The largest absolute Gasteiger partial charge is 0.573 e. The molecule has 0 saturated carbocycles. The first-order chi connectivity index (χ1) is 11.5. The predicted molar refractivity (Wildman–Crippen MR) is 87.7 cm³/mol. The third kappa shape index (κ3) is 3.54. The molecule has 2 aromatic carbocycles. The molecule has 0 fully saturated rings. The minimum absolute atomic E-state index is 0.224. The van der Waals surface area contributed by atoms with E-state index in [-0.39, 0.29) is 5.75 Å². The first-order valence-corrected chi connectivity index (χ1v) is 7.62. The van der Waals surface area contributed by atoms with Crippen LogP contribution in [0.1, 0.15) is 6.42 Å². The summed E-state index contributed by atoms with van der Waals surface area (Å²) in [5.74, 6) is -0.224. The fraction of sp³-hybridized carbons (Fsp3) is 0.222. The molecule has 2 N–H and O–H groups in total. The van der Waals surface area contributed by atoms with Crippen LogP contribution in [-0.4, -0.2) is 17.5 Å². The van der Waals surface area contributed by atoms with E-state index in [4.69, 9.17) is 5.73 Å². The van der Waals surface area contributed by atoms with Crippen LogP contribution in [0.2, 0.25) is 0 Å². The van der Waals surface area contributed by atoms with Gasteiger partial charge in [0.25, 0.3) is 0 Å². The summed E-state index contributed by atoms with van der Waals surface area (Å²) in [6, 6.07) is 13.9. The normalized spacial score (nSPS) is 11.8. The predicted octanol–water partition coefficient (Wildman–Crippen LogP) is 4.56. The summed E-state index contributed by atoms with van der Waals surface area (Å²) in [4.78, 5) is 0. The molecule has 1 aromatic heterocycles. The van der Waals surface area contributed by atoms with Crippen molar-refractivity contribution in [3.63, 3.8) is 0 Å². The molecular formula is C18H17F3N2O. The van der Waals surface area contributed by atoms with Crippen molar-refractivity contribution in [2.75, 3.05) is 6.54 Å². The highest BCUT2D eigenvalue weighted by Gasteiger charge is 2.31. The Kier molecular flexibility index (Phi) is 4.49. The van der Waals surface area contributed by atoms with Crippen LogP contribution in [-0.2, 0) is 6.54 Å². The smallest absolute Gasteiger partial charge is 0.406 e. The average Bonchev–Trinajstić information content (AvgIpc) is 2.91. The highest BCUT2D eigenvalue weighted by atomic mass is 19.4. The molecule has 0 unspecified atom stereocenters. The van der Waals surface area contributed by atoms with E-state index >= 15 is 0 Å². The second-order valence-electron chi connectivity index (χ2n) is 5.47. The maximum absolute atomic E-state index is 12.3. The molecule has 0 aliphatic carbocycles. The molecule has 3 aromatic rings. The highest BCUT2D eigenvalue weighted by Crippen LogP contribution is 2.32. The van der Waals surface area contributed by atoms with Crippen LogP contribution < -0.4 is 10.5 Å². The van der Waals surface area contributed by atoms with Gasteiger partial charge in [-0.3, -0.25) is 0 Å². The lowest BCUT2D eigenvalue weighted by atomic mass is 10.0. The lowest BCUT2D eigenvalue weighted by Gasteiger charge is -2.09.